The summed E-state index contributed by atoms with van der Waals surface area (Å²) >= 11 is 0. The second kappa shape index (κ2) is 8.48. The zero-order valence-corrected chi connectivity index (χ0v) is 13.9. The highest BCUT2D eigenvalue weighted by Gasteiger charge is 2.15. The predicted octanol–water partition coefficient (Wildman–Crippen LogP) is 3.97. The Bertz CT molecular complexity index is 634. The van der Waals surface area contributed by atoms with Crippen LogP contribution in [0.1, 0.15) is 48.0 Å². The number of aromatic nitrogens is 1. The van der Waals surface area contributed by atoms with Crippen LogP contribution in [0.2, 0.25) is 0 Å². The highest BCUT2D eigenvalue weighted by atomic mass is 16.5. The second-order valence-corrected chi connectivity index (χ2v) is 6.37. The van der Waals surface area contributed by atoms with Crippen molar-refractivity contribution in [3.63, 3.8) is 0 Å². The number of carbonyl (C=O) groups excluding carboxylic acids is 1. The van der Waals surface area contributed by atoms with E-state index in [-0.39, 0.29) is 5.91 Å². The summed E-state index contributed by atoms with van der Waals surface area (Å²) in [5.74, 6) is 1.11. The molecule has 1 amide bonds. The van der Waals surface area contributed by atoms with Crippen molar-refractivity contribution >= 4 is 5.91 Å². The molecule has 0 unspecified atom stereocenters. The summed E-state index contributed by atoms with van der Waals surface area (Å²) in [6.07, 6.45) is 7.94. The van der Waals surface area contributed by atoms with Gasteiger partial charge in [-0.05, 0) is 30.4 Å². The number of amides is 1. The number of rotatable bonds is 6. The molecule has 0 spiro atoms. The molecule has 24 heavy (non-hydrogen) atoms. The average Bonchev–Trinajstić information content (AvgIpc) is 2.66. The number of benzene rings is 1. The molecule has 1 fully saturated rings. The third-order valence-corrected chi connectivity index (χ3v) is 4.50. The van der Waals surface area contributed by atoms with Crippen LogP contribution in [0.4, 0.5) is 0 Å². The molecule has 0 aliphatic heterocycles. The smallest absolute Gasteiger partial charge is 0.252 e. The summed E-state index contributed by atoms with van der Waals surface area (Å²) in [6, 6.07) is 13.5. The van der Waals surface area contributed by atoms with E-state index in [4.69, 9.17) is 4.74 Å². The number of nitrogens with zero attached hydrogens (tertiary/aromatic N) is 1. The monoisotopic (exact) mass is 324 g/mol. The maximum atomic E-state index is 12.2. The van der Waals surface area contributed by atoms with E-state index in [0.717, 1.165) is 12.1 Å². The minimum atomic E-state index is -0.0531. The van der Waals surface area contributed by atoms with Crippen LogP contribution in [-0.2, 0) is 6.61 Å². The van der Waals surface area contributed by atoms with Gasteiger partial charge in [0.2, 0.25) is 5.88 Å². The fourth-order valence-electron chi connectivity index (χ4n) is 3.06. The Balaban J connectivity index is 1.47. The van der Waals surface area contributed by atoms with Gasteiger partial charge < -0.3 is 10.1 Å². The molecule has 1 aromatic heterocycles. The van der Waals surface area contributed by atoms with Crippen molar-refractivity contribution in [3.8, 4) is 5.88 Å². The first-order valence-corrected chi connectivity index (χ1v) is 8.72. The third-order valence-electron chi connectivity index (χ3n) is 4.50. The van der Waals surface area contributed by atoms with Crippen LogP contribution in [0.5, 0.6) is 5.88 Å². The number of carbonyl (C=O) groups is 1. The molecular weight excluding hydrogens is 300 g/mol. The Hall–Kier alpha value is -2.36. The van der Waals surface area contributed by atoms with Crippen molar-refractivity contribution in [2.24, 2.45) is 5.92 Å². The van der Waals surface area contributed by atoms with Gasteiger partial charge in [-0.25, -0.2) is 4.98 Å². The van der Waals surface area contributed by atoms with E-state index in [9.17, 15) is 4.79 Å². The Morgan fingerprint density at radius 3 is 2.58 bits per heavy atom. The zero-order valence-electron chi connectivity index (χ0n) is 13.9. The quantitative estimate of drug-likeness (QED) is 0.874. The second-order valence-electron chi connectivity index (χ2n) is 6.37. The van der Waals surface area contributed by atoms with E-state index in [2.05, 4.69) is 10.3 Å². The lowest BCUT2D eigenvalue weighted by Gasteiger charge is -2.21. The first kappa shape index (κ1) is 16.5. The van der Waals surface area contributed by atoms with Crippen LogP contribution in [0, 0.1) is 5.92 Å². The molecule has 1 aliphatic rings. The lowest BCUT2D eigenvalue weighted by Crippen LogP contribution is -2.30. The summed E-state index contributed by atoms with van der Waals surface area (Å²) in [5, 5.41) is 3.03. The molecule has 4 nitrogen and oxygen atoms in total. The Morgan fingerprint density at radius 2 is 1.88 bits per heavy atom. The standard InChI is InChI=1S/C20H24N2O2/c23-20(22-13-16-7-3-1-4-8-16)18-11-12-19(21-14-18)24-15-17-9-5-2-6-10-17/h2,5-6,9-12,14,16H,1,3-4,7-8,13,15H2,(H,22,23). The van der Waals surface area contributed by atoms with Crippen molar-refractivity contribution in [2.75, 3.05) is 6.54 Å². The van der Waals surface area contributed by atoms with E-state index in [1.165, 1.54) is 32.1 Å². The molecule has 0 bridgehead atoms. The number of pyridine rings is 1. The van der Waals surface area contributed by atoms with Crippen LogP contribution in [0.3, 0.4) is 0 Å². The van der Waals surface area contributed by atoms with Crippen molar-refractivity contribution < 1.29 is 9.53 Å². The molecule has 3 rings (SSSR count). The molecule has 1 heterocycles. The van der Waals surface area contributed by atoms with Crippen molar-refractivity contribution in [1.82, 2.24) is 10.3 Å². The summed E-state index contributed by atoms with van der Waals surface area (Å²) in [5.41, 5.74) is 1.67. The van der Waals surface area contributed by atoms with Gasteiger partial charge >= 0.3 is 0 Å². The largest absolute Gasteiger partial charge is 0.473 e. The highest BCUT2D eigenvalue weighted by Crippen LogP contribution is 2.22. The lowest BCUT2D eigenvalue weighted by atomic mass is 9.89. The number of hydrogen-bond acceptors (Lipinski definition) is 3. The molecule has 0 atom stereocenters. The summed E-state index contributed by atoms with van der Waals surface area (Å²) in [4.78, 5) is 16.4. The zero-order chi connectivity index (χ0) is 16.6. The molecule has 0 radical (unpaired) electrons. The molecule has 1 aromatic carbocycles. The van der Waals surface area contributed by atoms with Crippen molar-refractivity contribution in [2.45, 2.75) is 38.7 Å². The molecule has 126 valence electrons. The molecule has 2 aromatic rings. The third kappa shape index (κ3) is 4.82. The molecular formula is C20H24N2O2. The van der Waals surface area contributed by atoms with Gasteiger partial charge in [0.05, 0.1) is 5.56 Å². The average molecular weight is 324 g/mol. The predicted molar refractivity (Wildman–Crippen MR) is 93.9 cm³/mol. The van der Waals surface area contributed by atoms with Crippen LogP contribution in [0.25, 0.3) is 0 Å². The SMILES string of the molecule is O=C(NCC1CCCCC1)c1ccc(OCc2ccccc2)nc1. The molecule has 1 N–H and O–H groups in total. The van der Waals surface area contributed by atoms with Gasteiger partial charge in [0.15, 0.2) is 0 Å². The first-order chi connectivity index (χ1) is 11.8. The summed E-state index contributed by atoms with van der Waals surface area (Å²) < 4.78 is 5.64. The van der Waals surface area contributed by atoms with Gasteiger partial charge in [-0.15, -0.1) is 0 Å². The van der Waals surface area contributed by atoms with E-state index in [0.29, 0.717) is 24.0 Å². The Labute approximate surface area is 143 Å². The topological polar surface area (TPSA) is 51.2 Å². The fraction of sp³-hybridized carbons (Fsp3) is 0.400. The van der Waals surface area contributed by atoms with Crippen LogP contribution in [0.15, 0.2) is 48.7 Å². The van der Waals surface area contributed by atoms with Crippen LogP contribution in [-0.4, -0.2) is 17.4 Å². The number of ether oxygens (including phenoxy) is 1. The lowest BCUT2D eigenvalue weighted by molar-refractivity contribution is 0.0943. The van der Waals surface area contributed by atoms with Gasteiger partial charge in [0.25, 0.3) is 5.91 Å². The van der Waals surface area contributed by atoms with Gasteiger partial charge in [-0.3, -0.25) is 4.79 Å². The number of nitrogens with one attached hydrogen (secondary N) is 1. The normalized spacial score (nSPS) is 15.0. The first-order valence-electron chi connectivity index (χ1n) is 8.72. The van der Waals surface area contributed by atoms with Crippen LogP contribution >= 0.6 is 0 Å². The fourth-order valence-corrected chi connectivity index (χ4v) is 3.06. The van der Waals surface area contributed by atoms with Gasteiger partial charge in [-0.1, -0.05) is 49.6 Å². The molecule has 0 saturated heterocycles. The van der Waals surface area contributed by atoms with E-state index in [1.54, 1.807) is 18.3 Å². The Morgan fingerprint density at radius 1 is 1.08 bits per heavy atom. The maximum absolute atomic E-state index is 12.2. The minimum Gasteiger partial charge on any atom is -0.473 e. The van der Waals surface area contributed by atoms with Gasteiger partial charge in [0, 0.05) is 18.8 Å². The van der Waals surface area contributed by atoms with Gasteiger partial charge in [0.1, 0.15) is 6.61 Å². The maximum Gasteiger partial charge on any atom is 0.252 e. The van der Waals surface area contributed by atoms with Crippen molar-refractivity contribution in [1.29, 1.82) is 0 Å². The molecule has 1 aliphatic carbocycles. The summed E-state index contributed by atoms with van der Waals surface area (Å²) in [6.45, 7) is 1.24. The van der Waals surface area contributed by atoms with Gasteiger partial charge in [-0.2, -0.15) is 0 Å². The van der Waals surface area contributed by atoms with E-state index in [1.807, 2.05) is 30.3 Å². The molecule has 1 saturated carbocycles. The minimum absolute atomic E-state index is 0.0531. The van der Waals surface area contributed by atoms with E-state index >= 15 is 0 Å². The Kier molecular flexibility index (Phi) is 5.83. The summed E-state index contributed by atoms with van der Waals surface area (Å²) in [7, 11) is 0. The number of hydrogen-bond donors (Lipinski definition) is 1. The highest BCUT2D eigenvalue weighted by molar-refractivity contribution is 5.93. The van der Waals surface area contributed by atoms with E-state index < -0.39 is 0 Å². The molecule has 4 heteroatoms. The van der Waals surface area contributed by atoms with Crippen molar-refractivity contribution in [3.05, 3.63) is 59.8 Å². The van der Waals surface area contributed by atoms with Crippen LogP contribution < -0.4 is 10.1 Å².